The van der Waals surface area contributed by atoms with Crippen LogP contribution in [0.25, 0.3) is 0 Å². The van der Waals surface area contributed by atoms with Gasteiger partial charge in [-0.1, -0.05) is 19.1 Å². The van der Waals surface area contributed by atoms with Gasteiger partial charge in [-0.25, -0.2) is 0 Å². The van der Waals surface area contributed by atoms with Crippen molar-refractivity contribution in [2.24, 2.45) is 0 Å². The van der Waals surface area contributed by atoms with E-state index in [-0.39, 0.29) is 0 Å². The van der Waals surface area contributed by atoms with E-state index in [1.165, 1.54) is 25.7 Å². The number of piperidine rings is 1. The molecule has 0 aromatic heterocycles. The predicted octanol–water partition coefficient (Wildman–Crippen LogP) is 2.70. The van der Waals surface area contributed by atoms with Gasteiger partial charge in [0.2, 0.25) is 0 Å². The van der Waals surface area contributed by atoms with E-state index in [0.29, 0.717) is 6.04 Å². The van der Waals surface area contributed by atoms with Crippen molar-refractivity contribution < 1.29 is 0 Å². The van der Waals surface area contributed by atoms with Gasteiger partial charge in [0.1, 0.15) is 0 Å². The largest absolute Gasteiger partial charge is 0.359 e. The van der Waals surface area contributed by atoms with Crippen molar-refractivity contribution in [3.63, 3.8) is 0 Å². The van der Waals surface area contributed by atoms with E-state index in [2.05, 4.69) is 23.7 Å². The van der Waals surface area contributed by atoms with Gasteiger partial charge in [-0.3, -0.25) is 0 Å². The molecule has 1 rings (SSSR count). The zero-order valence-electron chi connectivity index (χ0n) is 9.88. The Balaban J connectivity index is 2.44. The molecule has 1 heterocycles. The number of likely N-dealkylation sites (tertiary alicyclic amines) is 1. The first-order valence-electron chi connectivity index (χ1n) is 5.84. The Labute approximate surface area is 98.7 Å². The first kappa shape index (κ1) is 12.5. The molecule has 1 atom stereocenters. The van der Waals surface area contributed by atoms with E-state index in [4.69, 9.17) is 12.2 Å². The maximum absolute atomic E-state index is 5.41. The molecule has 0 aliphatic carbocycles. The maximum atomic E-state index is 5.41. The molecule has 0 amide bonds. The van der Waals surface area contributed by atoms with E-state index >= 15 is 0 Å². The summed E-state index contributed by atoms with van der Waals surface area (Å²) in [6.45, 7) is 10.0. The lowest BCUT2D eigenvalue weighted by Crippen LogP contribution is -2.48. The van der Waals surface area contributed by atoms with Crippen molar-refractivity contribution in [2.45, 2.75) is 45.6 Å². The van der Waals surface area contributed by atoms with Crippen LogP contribution in [0.15, 0.2) is 12.2 Å². The molecule has 2 nitrogen and oxygen atoms in total. The van der Waals surface area contributed by atoms with E-state index in [9.17, 15) is 0 Å². The van der Waals surface area contributed by atoms with Crippen LogP contribution in [0.1, 0.15) is 39.5 Å². The fourth-order valence-corrected chi connectivity index (χ4v) is 2.33. The highest BCUT2D eigenvalue weighted by atomic mass is 32.1. The summed E-state index contributed by atoms with van der Waals surface area (Å²) in [7, 11) is 0. The molecule has 0 bridgehead atoms. The van der Waals surface area contributed by atoms with Crippen molar-refractivity contribution in [1.29, 1.82) is 0 Å². The SMILES string of the molecule is C=C(C)CNC(=S)N1CCCCC1CC. The number of rotatable bonds is 3. The first-order valence-corrected chi connectivity index (χ1v) is 6.24. The fourth-order valence-electron chi connectivity index (χ4n) is 2.02. The molecule has 0 radical (unpaired) electrons. The summed E-state index contributed by atoms with van der Waals surface area (Å²) in [5.41, 5.74) is 1.13. The van der Waals surface area contributed by atoms with Crippen LogP contribution in [0, 0.1) is 0 Å². The zero-order chi connectivity index (χ0) is 11.3. The lowest BCUT2D eigenvalue weighted by Gasteiger charge is -2.37. The standard InChI is InChI=1S/C12H22N2S/c1-4-11-7-5-6-8-14(11)12(15)13-9-10(2)3/h11H,2,4-9H2,1,3H3,(H,13,15). The van der Waals surface area contributed by atoms with Crippen LogP contribution in [0.3, 0.4) is 0 Å². The summed E-state index contributed by atoms with van der Waals surface area (Å²) < 4.78 is 0. The van der Waals surface area contributed by atoms with Gasteiger partial charge in [0.15, 0.2) is 5.11 Å². The first-order chi connectivity index (χ1) is 7.15. The number of hydrogen-bond acceptors (Lipinski definition) is 1. The molecular weight excluding hydrogens is 204 g/mol. The minimum Gasteiger partial charge on any atom is -0.359 e. The smallest absolute Gasteiger partial charge is 0.169 e. The Morgan fingerprint density at radius 2 is 2.27 bits per heavy atom. The average molecular weight is 226 g/mol. The Hall–Kier alpha value is -0.570. The van der Waals surface area contributed by atoms with Crippen molar-refractivity contribution in [3.05, 3.63) is 12.2 Å². The van der Waals surface area contributed by atoms with Gasteiger partial charge in [0, 0.05) is 19.1 Å². The molecular formula is C12H22N2S. The Morgan fingerprint density at radius 1 is 1.53 bits per heavy atom. The number of nitrogens with zero attached hydrogens (tertiary/aromatic N) is 1. The van der Waals surface area contributed by atoms with Gasteiger partial charge in [-0.2, -0.15) is 0 Å². The monoisotopic (exact) mass is 226 g/mol. The third kappa shape index (κ3) is 3.82. The van der Waals surface area contributed by atoms with E-state index in [1.807, 2.05) is 6.92 Å². The van der Waals surface area contributed by atoms with Crippen LogP contribution in [-0.2, 0) is 0 Å². The zero-order valence-corrected chi connectivity index (χ0v) is 10.7. The highest BCUT2D eigenvalue weighted by Crippen LogP contribution is 2.19. The van der Waals surface area contributed by atoms with Crippen LogP contribution in [0.2, 0.25) is 0 Å². The van der Waals surface area contributed by atoms with Crippen LogP contribution < -0.4 is 5.32 Å². The number of nitrogens with one attached hydrogen (secondary N) is 1. The lowest BCUT2D eigenvalue weighted by atomic mass is 10.0. The highest BCUT2D eigenvalue weighted by molar-refractivity contribution is 7.80. The molecule has 1 fully saturated rings. The molecule has 1 aliphatic rings. The summed E-state index contributed by atoms with van der Waals surface area (Å²) in [5.74, 6) is 0. The Bertz CT molecular complexity index is 238. The summed E-state index contributed by atoms with van der Waals surface area (Å²) in [5, 5.41) is 4.18. The molecule has 0 aromatic rings. The summed E-state index contributed by atoms with van der Waals surface area (Å²) >= 11 is 5.41. The average Bonchev–Trinajstić information content (AvgIpc) is 2.25. The Morgan fingerprint density at radius 3 is 2.87 bits per heavy atom. The van der Waals surface area contributed by atoms with Gasteiger partial charge >= 0.3 is 0 Å². The molecule has 3 heteroatoms. The second-order valence-electron chi connectivity index (χ2n) is 4.37. The molecule has 0 spiro atoms. The third-order valence-corrected chi connectivity index (χ3v) is 3.28. The van der Waals surface area contributed by atoms with Crippen molar-refractivity contribution in [2.75, 3.05) is 13.1 Å². The van der Waals surface area contributed by atoms with Gasteiger partial charge in [0.25, 0.3) is 0 Å². The normalized spacial score (nSPS) is 21.2. The number of thiocarbonyl (C=S) groups is 1. The summed E-state index contributed by atoms with van der Waals surface area (Å²) in [6, 6.07) is 0.642. The molecule has 15 heavy (non-hydrogen) atoms. The Kier molecular flexibility index (Phi) is 5.09. The van der Waals surface area contributed by atoms with Crippen LogP contribution in [0.5, 0.6) is 0 Å². The molecule has 0 saturated carbocycles. The van der Waals surface area contributed by atoms with E-state index in [1.54, 1.807) is 0 Å². The molecule has 1 unspecified atom stereocenters. The number of hydrogen-bond donors (Lipinski definition) is 1. The van der Waals surface area contributed by atoms with E-state index in [0.717, 1.165) is 23.8 Å². The second kappa shape index (κ2) is 6.11. The van der Waals surface area contributed by atoms with Gasteiger partial charge in [-0.05, 0) is 44.8 Å². The topological polar surface area (TPSA) is 15.3 Å². The minimum absolute atomic E-state index is 0.642. The molecule has 86 valence electrons. The van der Waals surface area contributed by atoms with Crippen LogP contribution >= 0.6 is 12.2 Å². The summed E-state index contributed by atoms with van der Waals surface area (Å²) in [4.78, 5) is 2.35. The van der Waals surface area contributed by atoms with Crippen molar-refractivity contribution in [3.8, 4) is 0 Å². The predicted molar refractivity (Wildman–Crippen MR) is 70.1 cm³/mol. The van der Waals surface area contributed by atoms with Crippen LogP contribution in [-0.4, -0.2) is 29.1 Å². The molecule has 1 saturated heterocycles. The molecule has 1 N–H and O–H groups in total. The van der Waals surface area contributed by atoms with Gasteiger partial charge < -0.3 is 10.2 Å². The van der Waals surface area contributed by atoms with Crippen LogP contribution in [0.4, 0.5) is 0 Å². The maximum Gasteiger partial charge on any atom is 0.169 e. The molecule has 1 aliphatic heterocycles. The molecule has 0 aromatic carbocycles. The van der Waals surface area contributed by atoms with Gasteiger partial charge in [-0.15, -0.1) is 0 Å². The van der Waals surface area contributed by atoms with Gasteiger partial charge in [0.05, 0.1) is 0 Å². The minimum atomic E-state index is 0.642. The fraction of sp³-hybridized carbons (Fsp3) is 0.750. The quantitative estimate of drug-likeness (QED) is 0.588. The van der Waals surface area contributed by atoms with E-state index < -0.39 is 0 Å². The lowest BCUT2D eigenvalue weighted by molar-refractivity contribution is 0.233. The third-order valence-electron chi connectivity index (χ3n) is 2.90. The highest BCUT2D eigenvalue weighted by Gasteiger charge is 2.22. The summed E-state index contributed by atoms with van der Waals surface area (Å²) in [6.07, 6.45) is 5.09. The van der Waals surface area contributed by atoms with Crippen molar-refractivity contribution in [1.82, 2.24) is 10.2 Å². The van der Waals surface area contributed by atoms with Crippen molar-refractivity contribution >= 4 is 17.3 Å². The second-order valence-corrected chi connectivity index (χ2v) is 4.75.